The molecule has 8 nitrogen and oxygen atoms in total. The van der Waals surface area contributed by atoms with E-state index in [1.807, 2.05) is 56.3 Å². The fourth-order valence-electron chi connectivity index (χ4n) is 3.35. The number of nitrogens with one attached hydrogen (secondary N) is 1. The molecule has 1 N–H and O–H groups in total. The van der Waals surface area contributed by atoms with E-state index >= 15 is 0 Å². The number of carbonyl (C=O) groups excluding carboxylic acids is 1. The Balaban J connectivity index is 1.80. The van der Waals surface area contributed by atoms with Crippen molar-refractivity contribution in [3.8, 4) is 6.07 Å². The molecule has 0 unspecified atom stereocenters. The summed E-state index contributed by atoms with van der Waals surface area (Å²) in [6.07, 6.45) is 1.52. The number of hydrogen-bond acceptors (Lipinski definition) is 7. The Kier molecular flexibility index (Phi) is 7.46. The van der Waals surface area contributed by atoms with Crippen LogP contribution in [0.1, 0.15) is 36.4 Å². The van der Waals surface area contributed by atoms with E-state index in [1.54, 1.807) is 13.8 Å². The van der Waals surface area contributed by atoms with Gasteiger partial charge in [0.05, 0.1) is 5.75 Å². The molecular weight excluding hydrogens is 458 g/mol. The van der Waals surface area contributed by atoms with E-state index in [0.29, 0.717) is 6.54 Å². The zero-order valence-corrected chi connectivity index (χ0v) is 20.5. The highest BCUT2D eigenvalue weighted by Crippen LogP contribution is 2.22. The van der Waals surface area contributed by atoms with Crippen LogP contribution in [0.15, 0.2) is 47.1 Å². The van der Waals surface area contributed by atoms with E-state index in [-0.39, 0.29) is 27.5 Å². The minimum Gasteiger partial charge on any atom is -0.344 e. The van der Waals surface area contributed by atoms with Gasteiger partial charge in [0, 0.05) is 29.5 Å². The maximum absolute atomic E-state index is 12.7. The number of sulfone groups is 1. The van der Waals surface area contributed by atoms with Crippen molar-refractivity contribution >= 4 is 38.5 Å². The van der Waals surface area contributed by atoms with Crippen molar-refractivity contribution in [3.05, 3.63) is 64.5 Å². The van der Waals surface area contributed by atoms with E-state index in [1.165, 1.54) is 6.08 Å². The van der Waals surface area contributed by atoms with Crippen molar-refractivity contribution in [2.24, 2.45) is 5.92 Å². The van der Waals surface area contributed by atoms with Crippen LogP contribution in [-0.2, 0) is 21.2 Å². The third kappa shape index (κ3) is 5.94. The molecule has 3 aromatic rings. The summed E-state index contributed by atoms with van der Waals surface area (Å²) in [5.41, 5.74) is 3.72. The molecule has 0 aliphatic heterocycles. The van der Waals surface area contributed by atoms with Gasteiger partial charge in [0.25, 0.3) is 11.1 Å². The molecule has 33 heavy (non-hydrogen) atoms. The lowest BCUT2D eigenvalue weighted by atomic mass is 10.1. The summed E-state index contributed by atoms with van der Waals surface area (Å²) in [7, 11) is -3.63. The van der Waals surface area contributed by atoms with Crippen molar-refractivity contribution in [1.82, 2.24) is 13.9 Å². The number of nitriles is 1. The minimum atomic E-state index is -3.63. The van der Waals surface area contributed by atoms with Gasteiger partial charge in [0.1, 0.15) is 11.6 Å². The molecule has 2 heterocycles. The number of aromatic nitrogens is 3. The van der Waals surface area contributed by atoms with Gasteiger partial charge in [0.2, 0.25) is 15.0 Å². The van der Waals surface area contributed by atoms with Crippen molar-refractivity contribution in [2.75, 3.05) is 11.1 Å². The van der Waals surface area contributed by atoms with E-state index < -0.39 is 15.7 Å². The second-order valence-corrected chi connectivity index (χ2v) is 10.8. The summed E-state index contributed by atoms with van der Waals surface area (Å²) in [4.78, 5) is 16.6. The van der Waals surface area contributed by atoms with Crippen LogP contribution in [0.4, 0.5) is 5.13 Å². The molecule has 0 aliphatic carbocycles. The Labute approximate surface area is 197 Å². The monoisotopic (exact) mass is 483 g/mol. The van der Waals surface area contributed by atoms with Crippen LogP contribution in [0.25, 0.3) is 6.08 Å². The molecule has 172 valence electrons. The molecule has 0 atom stereocenters. The van der Waals surface area contributed by atoms with Gasteiger partial charge in [-0.25, -0.2) is 8.42 Å². The first kappa shape index (κ1) is 24.4. The lowest BCUT2D eigenvalue weighted by Gasteiger charge is -2.09. The molecule has 0 fully saturated rings. The van der Waals surface area contributed by atoms with Gasteiger partial charge < -0.3 is 4.57 Å². The van der Waals surface area contributed by atoms with Crippen molar-refractivity contribution in [1.29, 1.82) is 5.26 Å². The number of carbonyl (C=O) groups is 1. The van der Waals surface area contributed by atoms with Gasteiger partial charge in [-0.05, 0) is 43.0 Å². The van der Waals surface area contributed by atoms with Crippen LogP contribution in [0.5, 0.6) is 0 Å². The molecular formula is C23H25N5O3S2. The van der Waals surface area contributed by atoms with Crippen LogP contribution in [-0.4, -0.2) is 34.0 Å². The lowest BCUT2D eigenvalue weighted by molar-refractivity contribution is -0.112. The fraction of sp³-hybridized carbons (Fsp3) is 0.304. The Morgan fingerprint density at radius 2 is 1.97 bits per heavy atom. The topological polar surface area (TPSA) is 118 Å². The standard InChI is InChI=1S/C23H25N5O3S2/c1-15(2)14-33(30,31)23-26-22(32-27-23)25-21(29)20(12-24)11-19-10-16(3)28(17(19)4)13-18-8-6-5-7-9-18/h5-11,15H,13-14H2,1-4H3,(H,25,26,27,29). The number of anilines is 1. The van der Waals surface area contributed by atoms with Crippen LogP contribution >= 0.6 is 11.5 Å². The predicted octanol–water partition coefficient (Wildman–Crippen LogP) is 3.98. The average molecular weight is 484 g/mol. The minimum absolute atomic E-state index is 0.0260. The molecule has 0 spiro atoms. The quantitative estimate of drug-likeness (QED) is 0.382. The van der Waals surface area contributed by atoms with Crippen molar-refractivity contribution in [2.45, 2.75) is 39.4 Å². The highest BCUT2D eigenvalue weighted by Gasteiger charge is 2.23. The average Bonchev–Trinajstić information content (AvgIpc) is 3.32. The Morgan fingerprint density at radius 1 is 1.27 bits per heavy atom. The summed E-state index contributed by atoms with van der Waals surface area (Å²) in [6, 6.07) is 13.8. The van der Waals surface area contributed by atoms with E-state index in [2.05, 4.69) is 19.2 Å². The maximum atomic E-state index is 12.7. The normalized spacial score (nSPS) is 12.1. The summed E-state index contributed by atoms with van der Waals surface area (Å²) in [5.74, 6) is -0.834. The van der Waals surface area contributed by atoms with Crippen LogP contribution in [0, 0.1) is 31.1 Å². The molecule has 1 aromatic carbocycles. The molecule has 0 saturated carbocycles. The highest BCUT2D eigenvalue weighted by molar-refractivity contribution is 7.91. The highest BCUT2D eigenvalue weighted by atomic mass is 32.2. The third-order valence-electron chi connectivity index (χ3n) is 4.92. The Morgan fingerprint density at radius 3 is 2.61 bits per heavy atom. The molecule has 0 saturated heterocycles. The largest absolute Gasteiger partial charge is 0.344 e. The van der Waals surface area contributed by atoms with Gasteiger partial charge in [-0.15, -0.1) is 0 Å². The first-order valence-corrected chi connectivity index (χ1v) is 12.7. The fourth-order valence-corrected chi connectivity index (χ4v) is 5.70. The number of hydrogen-bond donors (Lipinski definition) is 1. The van der Waals surface area contributed by atoms with Gasteiger partial charge >= 0.3 is 0 Å². The smallest absolute Gasteiger partial charge is 0.268 e. The van der Waals surface area contributed by atoms with E-state index in [4.69, 9.17) is 0 Å². The molecule has 0 bridgehead atoms. The van der Waals surface area contributed by atoms with Crippen LogP contribution in [0.3, 0.4) is 0 Å². The molecule has 1 amide bonds. The molecule has 2 aromatic heterocycles. The summed E-state index contributed by atoms with van der Waals surface area (Å²) in [5, 5.41) is 11.8. The first-order valence-electron chi connectivity index (χ1n) is 10.3. The molecule has 3 rings (SSSR count). The molecule has 0 radical (unpaired) electrons. The number of benzene rings is 1. The van der Waals surface area contributed by atoms with Gasteiger partial charge in [-0.2, -0.15) is 14.6 Å². The number of aryl methyl sites for hydroxylation is 1. The Hall–Kier alpha value is -3.29. The first-order chi connectivity index (χ1) is 15.6. The predicted molar refractivity (Wildman–Crippen MR) is 128 cm³/mol. The van der Waals surface area contributed by atoms with Crippen LogP contribution < -0.4 is 5.32 Å². The zero-order valence-electron chi connectivity index (χ0n) is 18.9. The summed E-state index contributed by atoms with van der Waals surface area (Å²) >= 11 is 0.764. The second-order valence-electron chi connectivity index (χ2n) is 8.08. The third-order valence-corrected chi connectivity index (χ3v) is 7.51. The van der Waals surface area contributed by atoms with Crippen LogP contribution in [0.2, 0.25) is 0 Å². The summed E-state index contributed by atoms with van der Waals surface area (Å²) in [6.45, 7) is 8.16. The number of amides is 1. The van der Waals surface area contributed by atoms with E-state index in [0.717, 1.165) is 34.0 Å². The molecule has 0 aliphatic rings. The van der Waals surface area contributed by atoms with Gasteiger partial charge in [-0.3, -0.25) is 10.1 Å². The Bertz CT molecular complexity index is 1330. The lowest BCUT2D eigenvalue weighted by Crippen LogP contribution is -2.15. The van der Waals surface area contributed by atoms with E-state index in [9.17, 15) is 18.5 Å². The van der Waals surface area contributed by atoms with Crippen molar-refractivity contribution < 1.29 is 13.2 Å². The number of nitrogens with zero attached hydrogens (tertiary/aromatic N) is 4. The van der Waals surface area contributed by atoms with Gasteiger partial charge in [-0.1, -0.05) is 44.2 Å². The SMILES string of the molecule is Cc1cc(C=C(C#N)C(=O)Nc2nc(S(=O)(=O)CC(C)C)ns2)c(C)n1Cc1ccccc1. The van der Waals surface area contributed by atoms with Gasteiger partial charge in [0.15, 0.2) is 0 Å². The van der Waals surface area contributed by atoms with Crippen molar-refractivity contribution in [3.63, 3.8) is 0 Å². The number of rotatable bonds is 8. The zero-order chi connectivity index (χ0) is 24.2. The summed E-state index contributed by atoms with van der Waals surface area (Å²) < 4.78 is 30.5. The maximum Gasteiger partial charge on any atom is 0.268 e. The second kappa shape index (κ2) is 10.1. The molecule has 10 heteroatoms.